The number of piperidine rings is 1. The van der Waals surface area contributed by atoms with Crippen LogP contribution in [0.5, 0.6) is 6.01 Å². The number of pyridine rings is 1. The first-order valence-corrected chi connectivity index (χ1v) is 13.5. The smallest absolute Gasteiger partial charge is 0.319 e. The van der Waals surface area contributed by atoms with Gasteiger partial charge in [0.15, 0.2) is 5.82 Å². The third-order valence-electron chi connectivity index (χ3n) is 7.81. The van der Waals surface area contributed by atoms with E-state index in [-0.39, 0.29) is 23.8 Å². The monoisotopic (exact) mass is 520 g/mol. The van der Waals surface area contributed by atoms with Crippen molar-refractivity contribution in [3.05, 3.63) is 53.4 Å². The molecule has 0 radical (unpaired) electrons. The van der Waals surface area contributed by atoms with E-state index < -0.39 is 11.9 Å². The fraction of sp³-hybridized carbons (Fsp3) is 0.414. The molecule has 2 bridgehead atoms. The van der Waals surface area contributed by atoms with Gasteiger partial charge in [0.05, 0.1) is 18.1 Å². The lowest BCUT2D eigenvalue weighted by Gasteiger charge is -2.33. The Morgan fingerprint density at radius 2 is 1.89 bits per heavy atom. The molecule has 2 aliphatic rings. The Morgan fingerprint density at radius 3 is 2.65 bits per heavy atom. The second-order valence-electron chi connectivity index (χ2n) is 10.3. The molecule has 2 aromatic heterocycles. The minimum Gasteiger partial charge on any atom is -0.463 e. The van der Waals surface area contributed by atoms with Crippen molar-refractivity contribution in [3.8, 4) is 17.3 Å². The van der Waals surface area contributed by atoms with Gasteiger partial charge >= 0.3 is 6.01 Å². The topological polar surface area (TPSA) is 71.4 Å². The van der Waals surface area contributed by atoms with Crippen LogP contribution in [0.4, 0.5) is 10.2 Å². The molecule has 1 aliphatic carbocycles. The number of ether oxygens (including phenoxy) is 1. The van der Waals surface area contributed by atoms with Gasteiger partial charge in [0.1, 0.15) is 17.0 Å². The molecular formula is C29H30ClFN4O2. The minimum atomic E-state index is -0.521. The van der Waals surface area contributed by atoms with E-state index in [1.165, 1.54) is 19.3 Å². The van der Waals surface area contributed by atoms with Gasteiger partial charge in [0.2, 0.25) is 0 Å². The largest absolute Gasteiger partial charge is 0.463 e. The number of aliphatic hydroxyl groups excluding tert-OH is 1. The van der Waals surface area contributed by atoms with Crippen molar-refractivity contribution in [2.45, 2.75) is 45.1 Å². The maximum absolute atomic E-state index is 16.3. The van der Waals surface area contributed by atoms with Gasteiger partial charge in [0, 0.05) is 41.7 Å². The first-order chi connectivity index (χ1) is 18.0. The summed E-state index contributed by atoms with van der Waals surface area (Å²) in [5.74, 6) is 1.40. The highest BCUT2D eigenvalue weighted by atomic mass is 35.5. The van der Waals surface area contributed by atoms with Crippen LogP contribution < -0.4 is 9.64 Å². The molecule has 37 heavy (non-hydrogen) atoms. The fourth-order valence-corrected chi connectivity index (χ4v) is 6.16. The molecule has 3 unspecified atom stereocenters. The number of nitrogens with zero attached hydrogens (tertiary/aromatic N) is 4. The van der Waals surface area contributed by atoms with Gasteiger partial charge in [0.25, 0.3) is 0 Å². The zero-order valence-corrected chi connectivity index (χ0v) is 21.6. The van der Waals surface area contributed by atoms with Crippen LogP contribution in [-0.4, -0.2) is 45.9 Å². The van der Waals surface area contributed by atoms with Crippen molar-refractivity contribution >= 4 is 39.1 Å². The summed E-state index contributed by atoms with van der Waals surface area (Å²) in [4.78, 5) is 16.1. The number of aromatic nitrogens is 3. The van der Waals surface area contributed by atoms with E-state index in [9.17, 15) is 5.11 Å². The highest BCUT2D eigenvalue weighted by Gasteiger charge is 2.34. The van der Waals surface area contributed by atoms with Crippen molar-refractivity contribution in [1.29, 1.82) is 0 Å². The Hall–Kier alpha value is -3.03. The number of fused-ring (bicyclic) bond motifs is 4. The molecule has 1 aliphatic heterocycles. The fourth-order valence-electron chi connectivity index (χ4n) is 5.88. The van der Waals surface area contributed by atoms with Crippen LogP contribution >= 0.6 is 11.6 Å². The Bertz CT molecular complexity index is 1450. The summed E-state index contributed by atoms with van der Waals surface area (Å²) < 4.78 is 22.2. The van der Waals surface area contributed by atoms with Gasteiger partial charge in [-0.1, -0.05) is 48.9 Å². The first kappa shape index (κ1) is 24.3. The number of benzene rings is 2. The number of hydrogen-bond acceptors (Lipinski definition) is 6. The summed E-state index contributed by atoms with van der Waals surface area (Å²) in [7, 11) is 0. The number of anilines is 1. The molecule has 8 heteroatoms. The molecular weight excluding hydrogens is 491 g/mol. The second-order valence-corrected chi connectivity index (χ2v) is 10.7. The van der Waals surface area contributed by atoms with E-state index >= 15 is 4.39 Å². The van der Waals surface area contributed by atoms with Crippen LogP contribution in [0.2, 0.25) is 5.02 Å². The standard InChI is InChI=1S/C29H30ClFN4O2/c1-2-20(36)11-12-37-29-33-27-22(28(34-29)35-15-17-9-10-18(13-17)16-35)14-32-26(25(27)31)21-7-3-5-19-6-4-8-23(30)24(19)21/h3-8,14,17-18,20,36H,2,9-13,15-16H2,1H3. The van der Waals surface area contributed by atoms with Gasteiger partial charge in [-0.05, 0) is 49.0 Å². The molecule has 0 amide bonds. The second kappa shape index (κ2) is 10.0. The minimum absolute atomic E-state index is 0.121. The molecule has 1 saturated carbocycles. The normalized spacial score (nSPS) is 20.1. The Labute approximate surface area is 220 Å². The molecule has 0 spiro atoms. The predicted octanol–water partition coefficient (Wildman–Crippen LogP) is 6.41. The maximum Gasteiger partial charge on any atom is 0.319 e. The summed E-state index contributed by atoms with van der Waals surface area (Å²) in [6.07, 6.45) is 6.01. The van der Waals surface area contributed by atoms with Gasteiger partial charge in [-0.15, -0.1) is 0 Å². The lowest BCUT2D eigenvalue weighted by molar-refractivity contribution is 0.133. The highest BCUT2D eigenvalue weighted by molar-refractivity contribution is 6.36. The van der Waals surface area contributed by atoms with Gasteiger partial charge in [-0.2, -0.15) is 9.97 Å². The quantitative estimate of drug-likeness (QED) is 0.303. The van der Waals surface area contributed by atoms with E-state index in [2.05, 4.69) is 14.9 Å². The SMILES string of the molecule is CCC(O)CCOc1nc(N2CC3CCC(C3)C2)c2cnc(-c3cccc4cccc(Cl)c34)c(F)c2n1. The molecule has 3 atom stereocenters. The number of halogens is 2. The van der Waals surface area contributed by atoms with Crippen LogP contribution in [0.3, 0.4) is 0 Å². The molecule has 1 saturated heterocycles. The summed E-state index contributed by atoms with van der Waals surface area (Å²) >= 11 is 6.54. The average molecular weight is 521 g/mol. The zero-order valence-electron chi connectivity index (χ0n) is 20.8. The maximum atomic E-state index is 16.3. The van der Waals surface area contributed by atoms with E-state index in [1.807, 2.05) is 37.3 Å². The van der Waals surface area contributed by atoms with Crippen LogP contribution in [0.15, 0.2) is 42.6 Å². The number of rotatable bonds is 7. The van der Waals surface area contributed by atoms with Gasteiger partial charge in [-0.3, -0.25) is 4.98 Å². The third kappa shape index (κ3) is 4.59. The molecule has 192 valence electrons. The third-order valence-corrected chi connectivity index (χ3v) is 8.13. The van der Waals surface area contributed by atoms with E-state index in [4.69, 9.17) is 21.3 Å². The van der Waals surface area contributed by atoms with Gasteiger partial charge in [-0.25, -0.2) is 4.39 Å². The van der Waals surface area contributed by atoms with E-state index in [1.54, 1.807) is 12.3 Å². The molecule has 6 rings (SSSR count). The van der Waals surface area contributed by atoms with E-state index in [0.29, 0.717) is 46.5 Å². The van der Waals surface area contributed by atoms with Crippen molar-refractivity contribution < 1.29 is 14.2 Å². The summed E-state index contributed by atoms with van der Waals surface area (Å²) in [5, 5.41) is 12.7. The predicted molar refractivity (Wildman–Crippen MR) is 145 cm³/mol. The molecule has 3 heterocycles. The molecule has 6 nitrogen and oxygen atoms in total. The Kier molecular flexibility index (Phi) is 6.59. The molecule has 2 fully saturated rings. The van der Waals surface area contributed by atoms with Crippen LogP contribution in [0.25, 0.3) is 32.9 Å². The van der Waals surface area contributed by atoms with Crippen LogP contribution in [0, 0.1) is 17.7 Å². The van der Waals surface area contributed by atoms with Crippen LogP contribution in [0.1, 0.15) is 39.0 Å². The van der Waals surface area contributed by atoms with Crippen molar-refractivity contribution in [3.63, 3.8) is 0 Å². The summed E-state index contributed by atoms with van der Waals surface area (Å²) in [6.45, 7) is 3.95. The Morgan fingerprint density at radius 1 is 1.14 bits per heavy atom. The van der Waals surface area contributed by atoms with Gasteiger partial charge < -0.3 is 14.7 Å². The first-order valence-electron chi connectivity index (χ1n) is 13.1. The summed E-state index contributed by atoms with van der Waals surface area (Å²) in [6, 6.07) is 11.4. The van der Waals surface area contributed by atoms with E-state index in [0.717, 1.165) is 23.9 Å². The zero-order chi connectivity index (χ0) is 25.5. The number of hydrogen-bond donors (Lipinski definition) is 1. The number of aliphatic hydroxyl groups is 1. The van der Waals surface area contributed by atoms with Crippen LogP contribution in [-0.2, 0) is 0 Å². The average Bonchev–Trinajstić information content (AvgIpc) is 3.25. The lowest BCUT2D eigenvalue weighted by atomic mass is 9.98. The molecule has 4 aromatic rings. The van der Waals surface area contributed by atoms with Crippen molar-refractivity contribution in [2.24, 2.45) is 11.8 Å². The van der Waals surface area contributed by atoms with Crippen molar-refractivity contribution in [2.75, 3.05) is 24.6 Å². The Balaban J connectivity index is 1.48. The molecule has 2 aromatic carbocycles. The summed E-state index contributed by atoms with van der Waals surface area (Å²) in [5.41, 5.74) is 0.997. The lowest BCUT2D eigenvalue weighted by Crippen LogP contribution is -2.37. The molecule has 1 N–H and O–H groups in total. The van der Waals surface area contributed by atoms with Crippen molar-refractivity contribution in [1.82, 2.24) is 15.0 Å². The highest BCUT2D eigenvalue weighted by Crippen LogP contribution is 2.41.